The summed E-state index contributed by atoms with van der Waals surface area (Å²) in [5, 5.41) is 11.0. The van der Waals surface area contributed by atoms with Gasteiger partial charge in [-0.1, -0.05) is 109 Å². The average molecular weight is 566 g/mol. The van der Waals surface area contributed by atoms with Crippen LogP contribution in [-0.2, 0) is 19.1 Å². The van der Waals surface area contributed by atoms with Crippen LogP contribution in [0, 0.1) is 0 Å². The van der Waals surface area contributed by atoms with E-state index < -0.39 is 5.97 Å². The summed E-state index contributed by atoms with van der Waals surface area (Å²) in [6, 6.07) is 0. The normalized spacial score (nSPS) is 12.1. The lowest BCUT2D eigenvalue weighted by atomic mass is 10.0. The molecule has 0 radical (unpaired) electrons. The van der Waals surface area contributed by atoms with E-state index in [1.54, 1.807) is 0 Å². The van der Waals surface area contributed by atoms with E-state index in [1.807, 2.05) is 0 Å². The van der Waals surface area contributed by atoms with Crippen LogP contribution in [0.3, 0.4) is 0 Å². The lowest BCUT2D eigenvalue weighted by molar-refractivity contribution is -0.150. The summed E-state index contributed by atoms with van der Waals surface area (Å²) in [5.74, 6) is -1.32. The number of hydrogen-bond acceptors (Lipinski definition) is 4. The Hall–Kier alpha value is -1.85. The van der Waals surface area contributed by atoms with E-state index in [0.717, 1.165) is 64.2 Å². The molecule has 40 heavy (non-hydrogen) atoms. The third-order valence-electron chi connectivity index (χ3n) is 7.44. The van der Waals surface area contributed by atoms with Crippen LogP contribution >= 0.6 is 0 Å². The minimum absolute atomic E-state index is 0.0280. The molecular weight excluding hydrogens is 502 g/mol. The first-order valence-electron chi connectivity index (χ1n) is 16.8. The zero-order valence-corrected chi connectivity index (χ0v) is 26.2. The predicted molar refractivity (Wildman–Crippen MR) is 166 cm³/mol. The maximum absolute atomic E-state index is 12.4. The highest BCUT2D eigenvalue weighted by Gasteiger charge is 2.14. The van der Waals surface area contributed by atoms with Crippen molar-refractivity contribution in [2.24, 2.45) is 0 Å². The molecule has 0 aromatic heterocycles. The Bertz CT molecular complexity index is 634. The first-order chi connectivity index (χ1) is 19.5. The van der Waals surface area contributed by atoms with Gasteiger partial charge in [-0.15, -0.1) is 0 Å². The molecule has 1 amide bonds. The molecule has 0 fully saturated rings. The molecule has 0 aliphatic carbocycles. The number of carbonyl (C=O) groups excluding carboxylic acids is 2. The minimum atomic E-state index is -1.03. The number of hydrogen-bond donors (Lipinski definition) is 2. The number of ether oxygens (including phenoxy) is 1. The monoisotopic (exact) mass is 565 g/mol. The summed E-state index contributed by atoms with van der Waals surface area (Å²) < 4.78 is 5.83. The minimum Gasteiger partial charge on any atom is -0.480 e. The lowest BCUT2D eigenvalue weighted by Gasteiger charge is -2.18. The molecule has 6 nitrogen and oxygen atoms in total. The van der Waals surface area contributed by atoms with Crippen molar-refractivity contribution < 1.29 is 24.2 Å². The van der Waals surface area contributed by atoms with Crippen LogP contribution in [-0.4, -0.2) is 35.6 Å². The fraction of sp³-hybridized carbons (Fsp3) is 0.853. The number of allylic oxidation sites excluding steroid dienone is 2. The van der Waals surface area contributed by atoms with E-state index in [-0.39, 0.29) is 24.5 Å². The third kappa shape index (κ3) is 29.1. The molecular formula is C34H63NO5. The van der Waals surface area contributed by atoms with Gasteiger partial charge in [0.1, 0.15) is 12.6 Å². The number of aliphatic carboxylic acids is 1. The topological polar surface area (TPSA) is 92.7 Å². The lowest BCUT2D eigenvalue weighted by Crippen LogP contribution is -2.28. The molecule has 0 saturated carbocycles. The molecule has 0 aromatic carbocycles. The second kappa shape index (κ2) is 30.1. The Kier molecular flexibility index (Phi) is 28.7. The van der Waals surface area contributed by atoms with Crippen LogP contribution < -0.4 is 5.32 Å². The molecule has 0 heterocycles. The van der Waals surface area contributed by atoms with E-state index >= 15 is 0 Å². The van der Waals surface area contributed by atoms with Gasteiger partial charge in [0, 0.05) is 12.8 Å². The van der Waals surface area contributed by atoms with Crippen LogP contribution in [0.25, 0.3) is 0 Å². The Morgan fingerprint density at radius 2 is 1.07 bits per heavy atom. The molecule has 0 saturated heterocycles. The van der Waals surface area contributed by atoms with Crippen LogP contribution in [0.5, 0.6) is 0 Å². The highest BCUT2D eigenvalue weighted by atomic mass is 16.5. The first-order valence-corrected chi connectivity index (χ1v) is 16.8. The zero-order chi connectivity index (χ0) is 29.5. The molecule has 6 heteroatoms. The van der Waals surface area contributed by atoms with Gasteiger partial charge >= 0.3 is 11.9 Å². The van der Waals surface area contributed by atoms with Crippen molar-refractivity contribution in [3.05, 3.63) is 12.2 Å². The number of carboxylic acid groups (broad SMARTS) is 1. The Morgan fingerprint density at radius 1 is 0.625 bits per heavy atom. The van der Waals surface area contributed by atoms with Crippen LogP contribution in [0.15, 0.2) is 12.2 Å². The van der Waals surface area contributed by atoms with Crippen molar-refractivity contribution in [2.75, 3.05) is 6.54 Å². The molecule has 0 aromatic rings. The highest BCUT2D eigenvalue weighted by molar-refractivity contribution is 5.80. The number of rotatable bonds is 30. The number of nitrogens with one attached hydrogen (secondary N) is 1. The molecule has 0 aliphatic rings. The maximum atomic E-state index is 12.4. The zero-order valence-electron chi connectivity index (χ0n) is 26.2. The van der Waals surface area contributed by atoms with E-state index in [9.17, 15) is 14.4 Å². The van der Waals surface area contributed by atoms with Crippen LogP contribution in [0.2, 0.25) is 0 Å². The standard InChI is InChI=1S/C34H63NO5/c1-3-5-7-8-9-10-11-12-13-14-15-16-17-18-19-20-25-29-34(39)40-31(26-22-6-4-2)27-23-21-24-28-32(36)35-30-33(37)38/h12-13,31H,3-11,14-30H2,1-2H3,(H,35,36)(H,37,38)/b13-12-. The Labute approximate surface area is 246 Å². The van der Waals surface area contributed by atoms with E-state index in [2.05, 4.69) is 31.3 Å². The summed E-state index contributed by atoms with van der Waals surface area (Å²) in [7, 11) is 0. The van der Waals surface area contributed by atoms with Crippen molar-refractivity contribution in [2.45, 2.75) is 180 Å². The van der Waals surface area contributed by atoms with Gasteiger partial charge in [-0.2, -0.15) is 0 Å². The Morgan fingerprint density at radius 3 is 1.65 bits per heavy atom. The van der Waals surface area contributed by atoms with Crippen molar-refractivity contribution in [1.29, 1.82) is 0 Å². The third-order valence-corrected chi connectivity index (χ3v) is 7.44. The van der Waals surface area contributed by atoms with E-state index in [0.29, 0.717) is 12.8 Å². The fourth-order valence-electron chi connectivity index (χ4n) is 4.92. The second-order valence-corrected chi connectivity index (χ2v) is 11.4. The molecule has 0 bridgehead atoms. The van der Waals surface area contributed by atoms with Gasteiger partial charge in [0.25, 0.3) is 0 Å². The molecule has 0 rings (SSSR count). The number of esters is 1. The molecule has 0 aliphatic heterocycles. The van der Waals surface area contributed by atoms with Crippen molar-refractivity contribution in [1.82, 2.24) is 5.32 Å². The van der Waals surface area contributed by atoms with Gasteiger partial charge in [0.15, 0.2) is 0 Å². The smallest absolute Gasteiger partial charge is 0.322 e. The van der Waals surface area contributed by atoms with Gasteiger partial charge in [-0.05, 0) is 64.2 Å². The van der Waals surface area contributed by atoms with Gasteiger partial charge < -0.3 is 15.2 Å². The molecule has 1 atom stereocenters. The van der Waals surface area contributed by atoms with Gasteiger partial charge in [-0.25, -0.2) is 0 Å². The van der Waals surface area contributed by atoms with E-state index in [4.69, 9.17) is 9.84 Å². The molecule has 0 spiro atoms. The molecule has 234 valence electrons. The Balaban J connectivity index is 3.78. The average Bonchev–Trinajstić information content (AvgIpc) is 2.93. The SMILES string of the molecule is CCCCCCCC/C=C\CCCCCCCCCC(=O)OC(CCCCC)CCCCCC(=O)NCC(=O)O. The fourth-order valence-corrected chi connectivity index (χ4v) is 4.92. The van der Waals surface area contributed by atoms with E-state index in [1.165, 1.54) is 83.5 Å². The summed E-state index contributed by atoms with van der Waals surface area (Å²) in [5.41, 5.74) is 0. The van der Waals surface area contributed by atoms with Crippen molar-refractivity contribution in [3.63, 3.8) is 0 Å². The highest BCUT2D eigenvalue weighted by Crippen LogP contribution is 2.17. The number of carboxylic acids is 1. The largest absolute Gasteiger partial charge is 0.480 e. The van der Waals surface area contributed by atoms with Crippen LogP contribution in [0.4, 0.5) is 0 Å². The van der Waals surface area contributed by atoms with Crippen LogP contribution in [0.1, 0.15) is 174 Å². The van der Waals surface area contributed by atoms with Gasteiger partial charge in [0.2, 0.25) is 5.91 Å². The first kappa shape index (κ1) is 38.1. The van der Waals surface area contributed by atoms with Gasteiger partial charge in [0.05, 0.1) is 0 Å². The van der Waals surface area contributed by atoms with Crippen molar-refractivity contribution in [3.8, 4) is 0 Å². The van der Waals surface area contributed by atoms with Gasteiger partial charge in [-0.3, -0.25) is 14.4 Å². The second-order valence-electron chi connectivity index (χ2n) is 11.4. The predicted octanol–water partition coefficient (Wildman–Crippen LogP) is 9.45. The molecule has 1 unspecified atom stereocenters. The molecule has 2 N–H and O–H groups in total. The summed E-state index contributed by atoms with van der Waals surface area (Å²) in [4.78, 5) is 34.5. The maximum Gasteiger partial charge on any atom is 0.322 e. The number of amides is 1. The summed E-state index contributed by atoms with van der Waals surface area (Å²) in [6.45, 7) is 4.11. The summed E-state index contributed by atoms with van der Waals surface area (Å²) in [6.07, 6.45) is 32.2. The number of unbranched alkanes of at least 4 members (excludes halogenated alkanes) is 17. The van der Waals surface area contributed by atoms with Crippen molar-refractivity contribution >= 4 is 17.8 Å². The summed E-state index contributed by atoms with van der Waals surface area (Å²) >= 11 is 0. The quantitative estimate of drug-likeness (QED) is 0.0514. The number of carbonyl (C=O) groups is 3.